The monoisotopic (exact) mass is 352 g/mol. The van der Waals surface area contributed by atoms with E-state index < -0.39 is 26.1 Å². The van der Waals surface area contributed by atoms with Gasteiger partial charge in [-0.1, -0.05) is 58.6 Å². The van der Waals surface area contributed by atoms with Crippen molar-refractivity contribution >= 4 is 69.6 Å². The summed E-state index contributed by atoms with van der Waals surface area (Å²) in [6, 6.07) is 0. The van der Waals surface area contributed by atoms with Gasteiger partial charge in [0.2, 0.25) is 0 Å². The molecule has 0 aromatic carbocycles. The second kappa shape index (κ2) is 3.44. The second-order valence-corrected chi connectivity index (χ2v) is 7.83. The highest BCUT2D eigenvalue weighted by atomic mass is 35.5. The Kier molecular flexibility index (Phi) is 2.66. The summed E-state index contributed by atoms with van der Waals surface area (Å²) >= 11 is 37.9. The van der Waals surface area contributed by atoms with Gasteiger partial charge in [0.15, 0.2) is 4.33 Å². The van der Waals surface area contributed by atoms with Gasteiger partial charge in [0, 0.05) is 11.8 Å². The SMILES string of the molecule is O[C@H]1C=C[C@@H]2[C@H]1[C@]1(Cl)C(Cl)=C(Cl)[C@@]2(Cl)C1(Cl)Cl. The van der Waals surface area contributed by atoms with E-state index in [1.165, 1.54) is 0 Å². The van der Waals surface area contributed by atoms with Gasteiger partial charge in [0.05, 0.1) is 16.2 Å². The molecule has 3 aliphatic rings. The lowest BCUT2D eigenvalue weighted by Gasteiger charge is -2.34. The number of rotatable bonds is 0. The first kappa shape index (κ1) is 13.2. The van der Waals surface area contributed by atoms with Crippen LogP contribution >= 0.6 is 69.6 Å². The third-order valence-corrected chi connectivity index (χ3v) is 8.23. The molecule has 0 radical (unpaired) electrons. The highest BCUT2D eigenvalue weighted by molar-refractivity contribution is 6.65. The number of allylic oxidation sites excluding steroid dienone is 3. The first-order valence-corrected chi connectivity index (χ1v) is 7.15. The van der Waals surface area contributed by atoms with Gasteiger partial charge in [0.25, 0.3) is 0 Å². The average molecular weight is 355 g/mol. The first-order valence-electron chi connectivity index (χ1n) is 4.89. The van der Waals surface area contributed by atoms with Crippen molar-refractivity contribution in [2.24, 2.45) is 11.8 Å². The van der Waals surface area contributed by atoms with Gasteiger partial charge in [-0.25, -0.2) is 0 Å². The highest BCUT2D eigenvalue weighted by Crippen LogP contribution is 2.77. The Balaban J connectivity index is 2.32. The van der Waals surface area contributed by atoms with E-state index in [9.17, 15) is 5.11 Å². The molecule has 1 fully saturated rings. The summed E-state index contributed by atoms with van der Waals surface area (Å²) in [4.78, 5) is -2.64. The van der Waals surface area contributed by atoms with E-state index >= 15 is 0 Å². The van der Waals surface area contributed by atoms with Crippen molar-refractivity contribution < 1.29 is 5.11 Å². The number of alkyl halides is 4. The summed E-state index contributed by atoms with van der Waals surface area (Å²) in [6.07, 6.45) is 2.58. The fraction of sp³-hybridized carbons (Fsp3) is 0.600. The lowest BCUT2D eigenvalue weighted by atomic mass is 9.83. The maximum absolute atomic E-state index is 9.97. The molecule has 1 N–H and O–H groups in total. The highest BCUT2D eigenvalue weighted by Gasteiger charge is 2.83. The van der Waals surface area contributed by atoms with E-state index in [-0.39, 0.29) is 16.0 Å². The van der Waals surface area contributed by atoms with Crippen molar-refractivity contribution in [2.45, 2.75) is 20.2 Å². The number of aliphatic hydroxyl groups excluding tert-OH is 1. The number of hydrogen-bond acceptors (Lipinski definition) is 1. The average Bonchev–Trinajstić information content (AvgIpc) is 2.73. The zero-order chi connectivity index (χ0) is 12.8. The van der Waals surface area contributed by atoms with Crippen LogP contribution in [0.3, 0.4) is 0 Å². The molecule has 1 nitrogen and oxygen atoms in total. The molecule has 94 valence electrons. The standard InChI is InChI=1S/C10H6Cl6O/c11-6-7(12)9(14)5-3(1-2-4(5)17)8(6,13)10(9,15)16/h1-5,17H/t3-,4+,5-,8-,9+/m1/s1. The molecule has 0 amide bonds. The fourth-order valence-electron chi connectivity index (χ4n) is 3.12. The Morgan fingerprint density at radius 3 is 2.06 bits per heavy atom. The molecule has 3 rings (SSSR count). The van der Waals surface area contributed by atoms with Crippen molar-refractivity contribution in [1.82, 2.24) is 0 Å². The molecule has 17 heavy (non-hydrogen) atoms. The van der Waals surface area contributed by atoms with Gasteiger partial charge in [-0.2, -0.15) is 0 Å². The third-order valence-electron chi connectivity index (χ3n) is 3.93. The zero-order valence-electron chi connectivity index (χ0n) is 8.10. The van der Waals surface area contributed by atoms with Crippen LogP contribution in [-0.2, 0) is 0 Å². The summed E-state index contributed by atoms with van der Waals surface area (Å²) in [5, 5.41) is 10.3. The minimum Gasteiger partial charge on any atom is -0.389 e. The number of halogens is 6. The Morgan fingerprint density at radius 1 is 0.941 bits per heavy atom. The van der Waals surface area contributed by atoms with E-state index in [1.54, 1.807) is 12.2 Å². The minimum absolute atomic E-state index is 0.129. The van der Waals surface area contributed by atoms with E-state index in [0.717, 1.165) is 0 Å². The van der Waals surface area contributed by atoms with Crippen LogP contribution < -0.4 is 0 Å². The molecular weight excluding hydrogens is 349 g/mol. The molecule has 3 aliphatic carbocycles. The predicted octanol–water partition coefficient (Wildman–Crippen LogP) is 4.00. The van der Waals surface area contributed by atoms with Crippen molar-refractivity contribution in [3.8, 4) is 0 Å². The van der Waals surface area contributed by atoms with Crippen LogP contribution in [0.15, 0.2) is 22.2 Å². The Morgan fingerprint density at radius 2 is 1.47 bits per heavy atom. The number of hydrogen-bond donors (Lipinski definition) is 1. The topological polar surface area (TPSA) is 20.2 Å². The fourth-order valence-corrected chi connectivity index (χ4v) is 6.13. The van der Waals surface area contributed by atoms with Crippen LogP contribution in [-0.4, -0.2) is 25.3 Å². The molecule has 0 heterocycles. The molecule has 0 saturated heterocycles. The Hall–Kier alpha value is 1.18. The van der Waals surface area contributed by atoms with Gasteiger partial charge in [-0.15, -0.1) is 23.2 Å². The third kappa shape index (κ3) is 1.09. The van der Waals surface area contributed by atoms with Gasteiger partial charge in [0.1, 0.15) is 9.75 Å². The molecular formula is C10H6Cl6O. The van der Waals surface area contributed by atoms with Crippen molar-refractivity contribution in [3.05, 3.63) is 22.2 Å². The molecule has 0 unspecified atom stereocenters. The molecule has 1 saturated carbocycles. The van der Waals surface area contributed by atoms with Crippen molar-refractivity contribution in [2.75, 3.05) is 0 Å². The Labute approximate surface area is 128 Å². The van der Waals surface area contributed by atoms with Crippen LogP contribution in [0.4, 0.5) is 0 Å². The molecule has 5 atom stereocenters. The van der Waals surface area contributed by atoms with Gasteiger partial charge in [-0.05, 0) is 0 Å². The molecule has 0 spiro atoms. The number of aliphatic hydroxyl groups is 1. The largest absolute Gasteiger partial charge is 0.389 e. The van der Waals surface area contributed by atoms with Crippen LogP contribution in [0, 0.1) is 11.8 Å². The van der Waals surface area contributed by atoms with Crippen molar-refractivity contribution in [3.63, 3.8) is 0 Å². The maximum atomic E-state index is 9.97. The quantitative estimate of drug-likeness (QED) is 0.515. The lowest BCUT2D eigenvalue weighted by molar-refractivity contribution is 0.138. The second-order valence-electron chi connectivity index (χ2n) is 4.55. The number of fused-ring (bicyclic) bond motifs is 5. The molecule has 7 heteroatoms. The molecule has 0 aromatic heterocycles. The normalized spacial score (nSPS) is 54.6. The van der Waals surface area contributed by atoms with Gasteiger partial charge < -0.3 is 5.11 Å². The van der Waals surface area contributed by atoms with Gasteiger partial charge in [-0.3, -0.25) is 0 Å². The maximum Gasteiger partial charge on any atom is 0.167 e. The minimum atomic E-state index is -1.56. The van der Waals surface area contributed by atoms with Crippen LogP contribution in [0.25, 0.3) is 0 Å². The smallest absolute Gasteiger partial charge is 0.167 e. The predicted molar refractivity (Wildman–Crippen MR) is 72.5 cm³/mol. The van der Waals surface area contributed by atoms with E-state index in [2.05, 4.69) is 0 Å². The summed E-state index contributed by atoms with van der Waals surface area (Å²) in [7, 11) is 0. The molecule has 0 aliphatic heterocycles. The summed E-state index contributed by atoms with van der Waals surface area (Å²) in [5.74, 6) is -0.798. The van der Waals surface area contributed by atoms with E-state index in [1.807, 2.05) is 0 Å². The Bertz CT molecular complexity index is 471. The van der Waals surface area contributed by atoms with E-state index in [4.69, 9.17) is 69.6 Å². The summed E-state index contributed by atoms with van der Waals surface area (Å²) in [6.45, 7) is 0. The lowest BCUT2D eigenvalue weighted by Crippen LogP contribution is -2.46. The van der Waals surface area contributed by atoms with Crippen LogP contribution in [0.2, 0.25) is 0 Å². The summed E-state index contributed by atoms with van der Waals surface area (Å²) < 4.78 is -1.56. The van der Waals surface area contributed by atoms with Crippen LogP contribution in [0.1, 0.15) is 0 Å². The summed E-state index contributed by atoms with van der Waals surface area (Å²) in [5.41, 5.74) is 0. The first-order chi connectivity index (χ1) is 7.70. The molecule has 2 bridgehead atoms. The molecule has 0 aromatic rings. The van der Waals surface area contributed by atoms with Gasteiger partial charge >= 0.3 is 0 Å². The van der Waals surface area contributed by atoms with Crippen molar-refractivity contribution in [1.29, 1.82) is 0 Å². The van der Waals surface area contributed by atoms with E-state index in [0.29, 0.717) is 0 Å². The zero-order valence-corrected chi connectivity index (χ0v) is 12.6. The van der Waals surface area contributed by atoms with Crippen LogP contribution in [0.5, 0.6) is 0 Å².